The highest BCUT2D eigenvalue weighted by Crippen LogP contribution is 2.29. The Morgan fingerprint density at radius 1 is 1.25 bits per heavy atom. The van der Waals surface area contributed by atoms with Gasteiger partial charge in [-0.05, 0) is 44.0 Å². The molecule has 0 saturated heterocycles. The summed E-state index contributed by atoms with van der Waals surface area (Å²) in [5.74, 6) is 1.98. The van der Waals surface area contributed by atoms with Crippen molar-refractivity contribution in [1.82, 2.24) is 9.97 Å². The van der Waals surface area contributed by atoms with Gasteiger partial charge in [0.2, 0.25) is 5.88 Å². The molecule has 1 aromatic heterocycles. The number of hydrogen-bond donors (Lipinski definition) is 0. The third-order valence-electron chi connectivity index (χ3n) is 2.91. The standard InChI is InChI=1S/C15H16BrClN2O/c1-4-5-13-18-14(17)10(3)15(19-13)20-11-6-7-12(16)9(2)8-11/h6-8H,4-5H2,1-3H3. The summed E-state index contributed by atoms with van der Waals surface area (Å²) in [5.41, 5.74) is 1.86. The minimum Gasteiger partial charge on any atom is -0.439 e. The number of halogens is 2. The summed E-state index contributed by atoms with van der Waals surface area (Å²) in [4.78, 5) is 8.70. The van der Waals surface area contributed by atoms with E-state index in [1.54, 1.807) is 0 Å². The average Bonchev–Trinajstić information content (AvgIpc) is 2.40. The quantitative estimate of drug-likeness (QED) is 0.702. The molecule has 0 atom stereocenters. The zero-order valence-electron chi connectivity index (χ0n) is 11.7. The van der Waals surface area contributed by atoms with E-state index in [1.807, 2.05) is 32.0 Å². The zero-order valence-corrected chi connectivity index (χ0v) is 14.0. The minimum atomic E-state index is 0.451. The third kappa shape index (κ3) is 3.49. The predicted molar refractivity (Wildman–Crippen MR) is 84.7 cm³/mol. The zero-order chi connectivity index (χ0) is 14.7. The molecule has 0 aliphatic heterocycles. The largest absolute Gasteiger partial charge is 0.439 e. The highest BCUT2D eigenvalue weighted by atomic mass is 79.9. The molecule has 0 unspecified atom stereocenters. The SMILES string of the molecule is CCCc1nc(Cl)c(C)c(Oc2ccc(Br)c(C)c2)n1. The first-order valence-corrected chi connectivity index (χ1v) is 7.65. The molecule has 2 aromatic rings. The predicted octanol–water partition coefficient (Wildman–Crippen LogP) is 5.25. The molecule has 1 aromatic carbocycles. The molecule has 0 aliphatic rings. The van der Waals surface area contributed by atoms with Gasteiger partial charge in [-0.1, -0.05) is 34.5 Å². The van der Waals surface area contributed by atoms with Gasteiger partial charge < -0.3 is 4.74 Å². The number of rotatable bonds is 4. The first kappa shape index (κ1) is 15.3. The van der Waals surface area contributed by atoms with Gasteiger partial charge in [0.15, 0.2) is 0 Å². The number of aromatic nitrogens is 2. The Morgan fingerprint density at radius 2 is 2.00 bits per heavy atom. The van der Waals surface area contributed by atoms with Gasteiger partial charge in [0.05, 0.1) is 0 Å². The van der Waals surface area contributed by atoms with Crippen LogP contribution in [0.4, 0.5) is 0 Å². The molecule has 5 heteroatoms. The number of benzene rings is 1. The molecule has 0 aliphatic carbocycles. The Hall–Kier alpha value is -1.13. The maximum absolute atomic E-state index is 6.14. The van der Waals surface area contributed by atoms with Crippen LogP contribution in [0.2, 0.25) is 5.15 Å². The molecular formula is C15H16BrClN2O. The lowest BCUT2D eigenvalue weighted by Gasteiger charge is -2.11. The van der Waals surface area contributed by atoms with Crippen LogP contribution in [0.25, 0.3) is 0 Å². The molecular weight excluding hydrogens is 340 g/mol. The average molecular weight is 356 g/mol. The molecule has 0 amide bonds. The van der Waals surface area contributed by atoms with Crippen molar-refractivity contribution >= 4 is 27.5 Å². The second kappa shape index (κ2) is 6.55. The van der Waals surface area contributed by atoms with Crippen molar-refractivity contribution in [2.75, 3.05) is 0 Å². The fourth-order valence-electron chi connectivity index (χ4n) is 1.74. The van der Waals surface area contributed by atoms with Crippen molar-refractivity contribution < 1.29 is 4.74 Å². The van der Waals surface area contributed by atoms with Crippen LogP contribution in [0.15, 0.2) is 22.7 Å². The summed E-state index contributed by atoms with van der Waals surface area (Å²) >= 11 is 9.61. The summed E-state index contributed by atoms with van der Waals surface area (Å²) < 4.78 is 6.91. The summed E-state index contributed by atoms with van der Waals surface area (Å²) in [6.07, 6.45) is 1.76. The maximum Gasteiger partial charge on any atom is 0.226 e. The second-order valence-corrected chi connectivity index (χ2v) is 5.84. The Morgan fingerprint density at radius 3 is 2.65 bits per heavy atom. The summed E-state index contributed by atoms with van der Waals surface area (Å²) in [5, 5.41) is 0.451. The monoisotopic (exact) mass is 354 g/mol. The van der Waals surface area contributed by atoms with Crippen molar-refractivity contribution in [2.24, 2.45) is 0 Å². The first-order chi connectivity index (χ1) is 9.51. The van der Waals surface area contributed by atoms with Gasteiger partial charge in [0.25, 0.3) is 0 Å². The van der Waals surface area contributed by atoms with Crippen LogP contribution in [0, 0.1) is 13.8 Å². The molecule has 2 rings (SSSR count). The van der Waals surface area contributed by atoms with E-state index in [0.717, 1.165) is 34.2 Å². The van der Waals surface area contributed by atoms with E-state index < -0.39 is 0 Å². The minimum absolute atomic E-state index is 0.451. The van der Waals surface area contributed by atoms with Crippen molar-refractivity contribution in [3.05, 3.63) is 44.8 Å². The van der Waals surface area contributed by atoms with Crippen LogP contribution in [0.3, 0.4) is 0 Å². The Kier molecular flexibility index (Phi) is 5.00. The molecule has 0 bridgehead atoms. The lowest BCUT2D eigenvalue weighted by molar-refractivity contribution is 0.453. The van der Waals surface area contributed by atoms with E-state index in [4.69, 9.17) is 16.3 Å². The Balaban J connectivity index is 2.34. The van der Waals surface area contributed by atoms with Crippen LogP contribution in [0.1, 0.15) is 30.3 Å². The normalized spacial score (nSPS) is 10.7. The maximum atomic E-state index is 6.14. The lowest BCUT2D eigenvalue weighted by Crippen LogP contribution is -2.01. The molecule has 0 saturated carbocycles. The van der Waals surface area contributed by atoms with Gasteiger partial charge in [0, 0.05) is 16.5 Å². The molecule has 1 heterocycles. The second-order valence-electron chi connectivity index (χ2n) is 4.62. The highest BCUT2D eigenvalue weighted by molar-refractivity contribution is 9.10. The third-order valence-corrected chi connectivity index (χ3v) is 4.16. The number of nitrogens with zero attached hydrogens (tertiary/aromatic N) is 2. The van der Waals surface area contributed by atoms with Crippen molar-refractivity contribution in [3.8, 4) is 11.6 Å². The fraction of sp³-hybridized carbons (Fsp3) is 0.333. The van der Waals surface area contributed by atoms with E-state index in [9.17, 15) is 0 Å². The number of ether oxygens (including phenoxy) is 1. The molecule has 0 fully saturated rings. The van der Waals surface area contributed by atoms with Gasteiger partial charge in [0.1, 0.15) is 16.7 Å². The molecule has 3 nitrogen and oxygen atoms in total. The molecule has 0 radical (unpaired) electrons. The molecule has 0 N–H and O–H groups in total. The van der Waals surface area contributed by atoms with E-state index in [1.165, 1.54) is 0 Å². The topological polar surface area (TPSA) is 35.0 Å². The van der Waals surface area contributed by atoms with Crippen LogP contribution < -0.4 is 4.74 Å². The van der Waals surface area contributed by atoms with Gasteiger partial charge in [-0.25, -0.2) is 4.98 Å². The van der Waals surface area contributed by atoms with Crippen LogP contribution in [-0.2, 0) is 6.42 Å². The lowest BCUT2D eigenvalue weighted by atomic mass is 10.2. The van der Waals surface area contributed by atoms with E-state index in [2.05, 4.69) is 32.8 Å². The number of hydrogen-bond acceptors (Lipinski definition) is 3. The van der Waals surface area contributed by atoms with Crippen LogP contribution in [0.5, 0.6) is 11.6 Å². The smallest absolute Gasteiger partial charge is 0.226 e. The molecule has 0 spiro atoms. The van der Waals surface area contributed by atoms with Crippen molar-refractivity contribution in [2.45, 2.75) is 33.6 Å². The summed E-state index contributed by atoms with van der Waals surface area (Å²) in [7, 11) is 0. The van der Waals surface area contributed by atoms with E-state index in [0.29, 0.717) is 16.9 Å². The van der Waals surface area contributed by atoms with Crippen LogP contribution >= 0.6 is 27.5 Å². The van der Waals surface area contributed by atoms with Gasteiger partial charge >= 0.3 is 0 Å². The highest BCUT2D eigenvalue weighted by Gasteiger charge is 2.11. The van der Waals surface area contributed by atoms with Gasteiger partial charge in [-0.2, -0.15) is 4.98 Å². The molecule has 20 heavy (non-hydrogen) atoms. The Bertz CT molecular complexity index is 632. The number of aryl methyl sites for hydroxylation is 2. The van der Waals surface area contributed by atoms with Gasteiger partial charge in [-0.3, -0.25) is 0 Å². The van der Waals surface area contributed by atoms with E-state index in [-0.39, 0.29) is 0 Å². The van der Waals surface area contributed by atoms with Crippen LogP contribution in [-0.4, -0.2) is 9.97 Å². The molecule has 106 valence electrons. The van der Waals surface area contributed by atoms with Crippen molar-refractivity contribution in [1.29, 1.82) is 0 Å². The first-order valence-electron chi connectivity index (χ1n) is 6.48. The van der Waals surface area contributed by atoms with Crippen molar-refractivity contribution in [3.63, 3.8) is 0 Å². The summed E-state index contributed by atoms with van der Waals surface area (Å²) in [6, 6.07) is 5.81. The van der Waals surface area contributed by atoms with Gasteiger partial charge in [-0.15, -0.1) is 0 Å². The fourth-order valence-corrected chi connectivity index (χ4v) is 2.16. The van der Waals surface area contributed by atoms with E-state index >= 15 is 0 Å². The Labute approximate surface area is 132 Å². The summed E-state index contributed by atoms with van der Waals surface area (Å²) in [6.45, 7) is 5.95.